The van der Waals surface area contributed by atoms with Gasteiger partial charge < -0.3 is 20.1 Å². The van der Waals surface area contributed by atoms with Crippen LogP contribution in [0.1, 0.15) is 11.3 Å². The third kappa shape index (κ3) is 3.98. The second-order valence-corrected chi connectivity index (χ2v) is 5.35. The van der Waals surface area contributed by atoms with Crippen molar-refractivity contribution in [3.05, 3.63) is 41.7 Å². The Morgan fingerprint density at radius 1 is 1.29 bits per heavy atom. The number of imidazole rings is 1. The Hall–Kier alpha value is -2.71. The molecule has 0 spiro atoms. The van der Waals surface area contributed by atoms with Gasteiger partial charge in [0, 0.05) is 21.1 Å². The quantitative estimate of drug-likeness (QED) is 0.899. The second kappa shape index (κ2) is 6.81. The molecule has 0 radical (unpaired) electrons. The van der Waals surface area contributed by atoms with E-state index in [9.17, 15) is 18.0 Å². The number of hydrogen-bond acceptors (Lipinski definition) is 3. The standard InChI is InChI=1S/C15H18F3N5O/c1-22(2)14-20-9-10(23(14)3)8-19-13(24)21-12-7-5-4-6-11(12)15(16,17)18/h4-7,9H,8H2,1-3H3,(H2,19,21,24). The van der Waals surface area contributed by atoms with Crippen molar-refractivity contribution in [1.29, 1.82) is 0 Å². The molecule has 0 aliphatic carbocycles. The molecule has 0 atom stereocenters. The lowest BCUT2D eigenvalue weighted by Gasteiger charge is -2.15. The number of urea groups is 1. The molecule has 1 heterocycles. The molecule has 0 aliphatic heterocycles. The van der Waals surface area contributed by atoms with Crippen molar-refractivity contribution >= 4 is 17.7 Å². The number of benzene rings is 1. The SMILES string of the molecule is CN(C)c1ncc(CNC(=O)Nc2ccccc2C(F)(F)F)n1C. The zero-order chi connectivity index (χ0) is 17.9. The van der Waals surface area contributed by atoms with E-state index >= 15 is 0 Å². The number of alkyl halides is 3. The number of rotatable bonds is 4. The average Bonchev–Trinajstić information content (AvgIpc) is 2.86. The number of aromatic nitrogens is 2. The fourth-order valence-electron chi connectivity index (χ4n) is 2.19. The smallest absolute Gasteiger partial charge is 0.348 e. The number of nitrogens with zero attached hydrogens (tertiary/aromatic N) is 3. The Morgan fingerprint density at radius 2 is 1.96 bits per heavy atom. The Bertz CT molecular complexity index is 724. The molecule has 0 bridgehead atoms. The van der Waals surface area contributed by atoms with Gasteiger partial charge in [-0.15, -0.1) is 0 Å². The maximum atomic E-state index is 12.9. The Labute approximate surface area is 137 Å². The first-order valence-corrected chi connectivity index (χ1v) is 7.09. The van der Waals surface area contributed by atoms with Crippen LogP contribution in [-0.4, -0.2) is 29.7 Å². The maximum Gasteiger partial charge on any atom is 0.418 e. The summed E-state index contributed by atoms with van der Waals surface area (Å²) in [7, 11) is 5.46. The molecular formula is C15H18F3N5O. The topological polar surface area (TPSA) is 62.2 Å². The monoisotopic (exact) mass is 341 g/mol. The minimum Gasteiger partial charge on any atom is -0.348 e. The summed E-state index contributed by atoms with van der Waals surface area (Å²) in [6, 6.07) is 4.09. The van der Waals surface area contributed by atoms with Crippen LogP contribution < -0.4 is 15.5 Å². The van der Waals surface area contributed by atoms with Gasteiger partial charge in [-0.05, 0) is 12.1 Å². The summed E-state index contributed by atoms with van der Waals surface area (Å²) in [5.74, 6) is 0.703. The van der Waals surface area contributed by atoms with Crippen molar-refractivity contribution < 1.29 is 18.0 Å². The van der Waals surface area contributed by atoms with E-state index in [1.807, 2.05) is 19.0 Å². The largest absolute Gasteiger partial charge is 0.418 e. The first-order valence-electron chi connectivity index (χ1n) is 7.09. The van der Waals surface area contributed by atoms with Crippen LogP contribution >= 0.6 is 0 Å². The lowest BCUT2D eigenvalue weighted by molar-refractivity contribution is -0.136. The summed E-state index contributed by atoms with van der Waals surface area (Å²) < 4.78 is 40.5. The number of anilines is 2. The molecule has 2 rings (SSSR count). The van der Waals surface area contributed by atoms with Gasteiger partial charge in [-0.1, -0.05) is 12.1 Å². The van der Waals surface area contributed by atoms with Gasteiger partial charge in [0.1, 0.15) is 0 Å². The number of amides is 2. The molecule has 2 aromatic rings. The molecule has 6 nitrogen and oxygen atoms in total. The van der Waals surface area contributed by atoms with Gasteiger partial charge in [-0.2, -0.15) is 13.2 Å². The number of nitrogens with one attached hydrogen (secondary N) is 2. The summed E-state index contributed by atoms with van der Waals surface area (Å²) in [5.41, 5.74) is -0.463. The van der Waals surface area contributed by atoms with E-state index in [4.69, 9.17) is 0 Å². The van der Waals surface area contributed by atoms with Crippen LogP contribution in [0.4, 0.5) is 29.6 Å². The lowest BCUT2D eigenvalue weighted by Crippen LogP contribution is -2.30. The zero-order valence-electron chi connectivity index (χ0n) is 13.5. The van der Waals surface area contributed by atoms with Crippen molar-refractivity contribution in [1.82, 2.24) is 14.9 Å². The number of carbonyl (C=O) groups excluding carboxylic acids is 1. The summed E-state index contributed by atoms with van der Waals surface area (Å²) in [6.07, 6.45) is -2.94. The minimum absolute atomic E-state index is 0.136. The normalized spacial score (nSPS) is 11.2. The number of halogens is 3. The summed E-state index contributed by atoms with van der Waals surface area (Å²) >= 11 is 0. The molecule has 1 aromatic carbocycles. The van der Waals surface area contributed by atoms with Gasteiger partial charge in [0.25, 0.3) is 0 Å². The fraction of sp³-hybridized carbons (Fsp3) is 0.333. The fourth-order valence-corrected chi connectivity index (χ4v) is 2.19. The molecule has 130 valence electrons. The van der Waals surface area contributed by atoms with Crippen molar-refractivity contribution in [2.24, 2.45) is 7.05 Å². The van der Waals surface area contributed by atoms with Gasteiger partial charge in [0.2, 0.25) is 5.95 Å². The highest BCUT2D eigenvalue weighted by atomic mass is 19.4. The van der Waals surface area contributed by atoms with E-state index in [2.05, 4.69) is 15.6 Å². The predicted octanol–water partition coefficient (Wildman–Crippen LogP) is 2.83. The van der Waals surface area contributed by atoms with Crippen LogP contribution in [0.25, 0.3) is 0 Å². The molecule has 0 fully saturated rings. The number of para-hydroxylation sites is 1. The number of hydrogen-bond donors (Lipinski definition) is 2. The third-order valence-corrected chi connectivity index (χ3v) is 3.37. The van der Waals surface area contributed by atoms with Gasteiger partial charge >= 0.3 is 12.2 Å². The molecule has 0 saturated heterocycles. The van der Waals surface area contributed by atoms with Crippen molar-refractivity contribution in [2.45, 2.75) is 12.7 Å². The minimum atomic E-state index is -4.54. The van der Waals surface area contributed by atoms with Crippen LogP contribution in [0, 0.1) is 0 Å². The van der Waals surface area contributed by atoms with Gasteiger partial charge in [-0.3, -0.25) is 0 Å². The molecule has 0 aliphatic rings. The lowest BCUT2D eigenvalue weighted by atomic mass is 10.1. The Kier molecular flexibility index (Phi) is 5.01. The average molecular weight is 341 g/mol. The molecule has 0 saturated carbocycles. The van der Waals surface area contributed by atoms with Gasteiger partial charge in [0.05, 0.1) is 29.7 Å². The van der Waals surface area contributed by atoms with Crippen LogP contribution in [0.15, 0.2) is 30.5 Å². The molecule has 9 heteroatoms. The van der Waals surface area contributed by atoms with E-state index in [0.29, 0.717) is 5.95 Å². The van der Waals surface area contributed by atoms with Gasteiger partial charge in [0.15, 0.2) is 0 Å². The first kappa shape index (κ1) is 17.6. The first-order chi connectivity index (χ1) is 11.2. The molecule has 1 aromatic heterocycles. The molecular weight excluding hydrogens is 323 g/mol. The van der Waals surface area contributed by atoms with Crippen LogP contribution in [-0.2, 0) is 19.8 Å². The summed E-state index contributed by atoms with van der Waals surface area (Å²) in [4.78, 5) is 17.9. The van der Waals surface area contributed by atoms with E-state index in [1.165, 1.54) is 18.2 Å². The van der Waals surface area contributed by atoms with Gasteiger partial charge in [-0.25, -0.2) is 9.78 Å². The Morgan fingerprint density at radius 3 is 2.54 bits per heavy atom. The summed E-state index contributed by atoms with van der Waals surface area (Å²) in [6.45, 7) is 0.136. The van der Waals surface area contributed by atoms with E-state index in [-0.39, 0.29) is 12.2 Å². The van der Waals surface area contributed by atoms with Crippen molar-refractivity contribution in [3.63, 3.8) is 0 Å². The summed E-state index contributed by atoms with van der Waals surface area (Å²) in [5, 5.41) is 4.75. The highest BCUT2D eigenvalue weighted by molar-refractivity contribution is 5.90. The second-order valence-electron chi connectivity index (χ2n) is 5.35. The van der Waals surface area contributed by atoms with Crippen molar-refractivity contribution in [2.75, 3.05) is 24.3 Å². The molecule has 24 heavy (non-hydrogen) atoms. The predicted molar refractivity (Wildman–Crippen MR) is 84.8 cm³/mol. The van der Waals surface area contributed by atoms with E-state index in [0.717, 1.165) is 11.8 Å². The van der Waals surface area contributed by atoms with Crippen LogP contribution in [0.3, 0.4) is 0 Å². The molecule has 0 unspecified atom stereocenters. The van der Waals surface area contributed by atoms with E-state index in [1.54, 1.807) is 17.8 Å². The highest BCUT2D eigenvalue weighted by Crippen LogP contribution is 2.34. The van der Waals surface area contributed by atoms with Crippen LogP contribution in [0.2, 0.25) is 0 Å². The molecule has 2 N–H and O–H groups in total. The maximum absolute atomic E-state index is 12.9. The van der Waals surface area contributed by atoms with Crippen LogP contribution in [0.5, 0.6) is 0 Å². The number of carbonyl (C=O) groups is 1. The molecule has 2 amide bonds. The highest BCUT2D eigenvalue weighted by Gasteiger charge is 2.33. The van der Waals surface area contributed by atoms with Crippen molar-refractivity contribution in [3.8, 4) is 0 Å². The van der Waals surface area contributed by atoms with E-state index < -0.39 is 17.8 Å². The zero-order valence-corrected chi connectivity index (χ0v) is 13.5. The Balaban J connectivity index is 2.03. The third-order valence-electron chi connectivity index (χ3n) is 3.37.